The standard InChI is InChI=1S/C31H25F5N6O2/c32-19-3-5-20(6-4-19)40-17-38-29(44)30(40)14-22-7-8-23(15-30)41(22)28(43)26-13-27(18-2-1-11-37-16-18)42(39-26)21-9-10-24(25(33)12-21)31(34,35)36/h1-6,9-13,16,22-23H,7-8,14-15,17H2,(H,38,44). The minimum atomic E-state index is -4.87. The van der Waals surface area contributed by atoms with Crippen molar-refractivity contribution in [2.75, 3.05) is 11.6 Å². The Bertz CT molecular complexity index is 1740. The van der Waals surface area contributed by atoms with Gasteiger partial charge in [-0.05, 0) is 67.4 Å². The maximum Gasteiger partial charge on any atom is 0.419 e. The predicted molar refractivity (Wildman–Crippen MR) is 149 cm³/mol. The van der Waals surface area contributed by atoms with Gasteiger partial charge in [0.1, 0.15) is 17.2 Å². The van der Waals surface area contributed by atoms with Crippen LogP contribution in [0.5, 0.6) is 0 Å². The van der Waals surface area contributed by atoms with Crippen LogP contribution in [0.15, 0.2) is 73.1 Å². The highest BCUT2D eigenvalue weighted by Gasteiger charge is 2.58. The van der Waals surface area contributed by atoms with Crippen molar-refractivity contribution in [3.63, 3.8) is 0 Å². The zero-order valence-corrected chi connectivity index (χ0v) is 23.1. The number of hydrogen-bond donors (Lipinski definition) is 1. The second-order valence-corrected chi connectivity index (χ2v) is 11.3. The van der Waals surface area contributed by atoms with Crippen LogP contribution in [-0.4, -0.2) is 55.8 Å². The number of rotatable bonds is 4. The lowest BCUT2D eigenvalue weighted by Gasteiger charge is -2.47. The van der Waals surface area contributed by atoms with Crippen molar-refractivity contribution in [1.29, 1.82) is 0 Å². The molecule has 1 spiro atoms. The second kappa shape index (κ2) is 10.1. The molecular weight excluding hydrogens is 583 g/mol. The fourth-order valence-electron chi connectivity index (χ4n) is 6.91. The summed E-state index contributed by atoms with van der Waals surface area (Å²) in [5.41, 5.74) is -0.700. The van der Waals surface area contributed by atoms with Gasteiger partial charge in [-0.3, -0.25) is 14.6 Å². The molecule has 44 heavy (non-hydrogen) atoms. The third kappa shape index (κ3) is 4.49. The first-order chi connectivity index (χ1) is 21.0. The topological polar surface area (TPSA) is 83.4 Å². The number of anilines is 1. The largest absolute Gasteiger partial charge is 0.419 e. The Kier molecular flexibility index (Phi) is 6.45. The monoisotopic (exact) mass is 608 g/mol. The summed E-state index contributed by atoms with van der Waals surface area (Å²) in [4.78, 5) is 35.1. The Balaban J connectivity index is 1.23. The fraction of sp³-hybridized carbons (Fsp3) is 0.290. The molecule has 1 N–H and O–H groups in total. The third-order valence-electron chi connectivity index (χ3n) is 8.86. The average molecular weight is 609 g/mol. The van der Waals surface area contributed by atoms with Crippen molar-refractivity contribution in [2.45, 2.75) is 49.5 Å². The van der Waals surface area contributed by atoms with Crippen LogP contribution in [0, 0.1) is 11.6 Å². The number of hydrogen-bond acceptors (Lipinski definition) is 5. The zero-order chi connectivity index (χ0) is 30.8. The molecule has 3 saturated heterocycles. The van der Waals surface area contributed by atoms with E-state index in [0.717, 1.165) is 12.1 Å². The highest BCUT2D eigenvalue weighted by atomic mass is 19.4. The van der Waals surface area contributed by atoms with Gasteiger partial charge in [0.15, 0.2) is 5.69 Å². The Morgan fingerprint density at radius 1 is 0.955 bits per heavy atom. The molecule has 2 unspecified atom stereocenters. The minimum absolute atomic E-state index is 0.00605. The first kappa shape index (κ1) is 28.0. The van der Waals surface area contributed by atoms with Gasteiger partial charge < -0.3 is 15.1 Å². The van der Waals surface area contributed by atoms with E-state index in [2.05, 4.69) is 15.4 Å². The molecule has 8 nitrogen and oxygen atoms in total. The number of fused-ring (bicyclic) bond motifs is 2. The molecule has 7 rings (SSSR count). The van der Waals surface area contributed by atoms with E-state index in [4.69, 9.17) is 0 Å². The number of carbonyl (C=O) groups excluding carboxylic acids is 2. The van der Waals surface area contributed by atoms with Crippen molar-refractivity contribution in [1.82, 2.24) is 25.0 Å². The molecule has 0 saturated carbocycles. The van der Waals surface area contributed by atoms with Crippen LogP contribution in [0.2, 0.25) is 0 Å². The minimum Gasteiger partial charge on any atom is -0.339 e. The van der Waals surface area contributed by atoms with Crippen molar-refractivity contribution in [3.8, 4) is 16.9 Å². The molecule has 2 aromatic carbocycles. The number of benzene rings is 2. The second-order valence-electron chi connectivity index (χ2n) is 11.3. The van der Waals surface area contributed by atoms with Gasteiger partial charge >= 0.3 is 6.18 Å². The maximum absolute atomic E-state index is 14.6. The van der Waals surface area contributed by atoms with Crippen LogP contribution < -0.4 is 10.2 Å². The molecule has 3 fully saturated rings. The zero-order valence-electron chi connectivity index (χ0n) is 23.1. The highest BCUT2D eigenvalue weighted by molar-refractivity contribution is 5.97. The van der Waals surface area contributed by atoms with Gasteiger partial charge in [0.2, 0.25) is 5.91 Å². The predicted octanol–water partition coefficient (Wildman–Crippen LogP) is 5.33. The maximum atomic E-state index is 14.6. The van der Waals surface area contributed by atoms with E-state index in [-0.39, 0.29) is 41.9 Å². The Labute approximate surface area is 248 Å². The van der Waals surface area contributed by atoms with E-state index in [1.54, 1.807) is 35.4 Å². The van der Waals surface area contributed by atoms with Gasteiger partial charge in [-0.25, -0.2) is 13.5 Å². The summed E-state index contributed by atoms with van der Waals surface area (Å²) in [5.74, 6) is -2.38. The van der Waals surface area contributed by atoms with E-state index < -0.39 is 29.0 Å². The summed E-state index contributed by atoms with van der Waals surface area (Å²) in [5, 5.41) is 7.38. The highest BCUT2D eigenvalue weighted by Crippen LogP contribution is 2.47. The summed E-state index contributed by atoms with van der Waals surface area (Å²) in [6, 6.07) is 12.7. The van der Waals surface area contributed by atoms with E-state index in [1.165, 1.54) is 29.1 Å². The molecule has 5 heterocycles. The number of pyridine rings is 1. The number of carbonyl (C=O) groups is 2. The molecule has 13 heteroatoms. The fourth-order valence-corrected chi connectivity index (χ4v) is 6.91. The molecule has 4 aromatic rings. The van der Waals surface area contributed by atoms with Crippen molar-refractivity contribution in [2.24, 2.45) is 0 Å². The van der Waals surface area contributed by atoms with Crippen LogP contribution in [0.3, 0.4) is 0 Å². The normalized spacial score (nSPS) is 23.0. The lowest BCUT2D eigenvalue weighted by Crippen LogP contribution is -2.61. The molecule has 3 aliphatic heterocycles. The average Bonchev–Trinajstić information content (AvgIpc) is 3.66. The molecule has 2 bridgehead atoms. The number of nitrogens with zero attached hydrogens (tertiary/aromatic N) is 5. The molecule has 0 aliphatic carbocycles. The van der Waals surface area contributed by atoms with Crippen LogP contribution in [0.25, 0.3) is 16.9 Å². The van der Waals surface area contributed by atoms with Crippen molar-refractivity contribution in [3.05, 3.63) is 95.9 Å². The molecule has 3 aliphatic rings. The van der Waals surface area contributed by atoms with Crippen LogP contribution in [-0.2, 0) is 11.0 Å². The van der Waals surface area contributed by atoms with Gasteiger partial charge in [0.05, 0.1) is 23.6 Å². The number of alkyl halides is 3. The first-order valence-corrected chi connectivity index (χ1v) is 14.1. The Hall–Kier alpha value is -4.81. The number of piperidine rings is 1. The van der Waals surface area contributed by atoms with E-state index in [9.17, 15) is 31.5 Å². The van der Waals surface area contributed by atoms with Gasteiger partial charge in [-0.15, -0.1) is 0 Å². The summed E-state index contributed by atoms with van der Waals surface area (Å²) < 4.78 is 69.1. The third-order valence-corrected chi connectivity index (χ3v) is 8.86. The molecular formula is C31H25F5N6O2. The van der Waals surface area contributed by atoms with Crippen molar-refractivity contribution < 1.29 is 31.5 Å². The molecule has 0 radical (unpaired) electrons. The summed E-state index contributed by atoms with van der Waals surface area (Å²) in [7, 11) is 0. The lowest BCUT2D eigenvalue weighted by atomic mass is 9.81. The first-order valence-electron chi connectivity index (χ1n) is 14.1. The van der Waals surface area contributed by atoms with E-state index in [1.807, 2.05) is 4.90 Å². The van der Waals surface area contributed by atoms with Crippen LogP contribution >= 0.6 is 0 Å². The van der Waals surface area contributed by atoms with E-state index >= 15 is 0 Å². The number of aromatic nitrogens is 3. The van der Waals surface area contributed by atoms with Gasteiger partial charge in [-0.2, -0.15) is 18.3 Å². The molecule has 2 amide bonds. The number of amides is 2. The van der Waals surface area contributed by atoms with Crippen LogP contribution in [0.1, 0.15) is 41.7 Å². The van der Waals surface area contributed by atoms with E-state index in [0.29, 0.717) is 48.7 Å². The van der Waals surface area contributed by atoms with Gasteiger partial charge in [0, 0.05) is 54.6 Å². The number of nitrogens with one attached hydrogen (secondary N) is 1. The summed E-state index contributed by atoms with van der Waals surface area (Å²) >= 11 is 0. The molecule has 226 valence electrons. The van der Waals surface area contributed by atoms with Gasteiger partial charge in [-0.1, -0.05) is 0 Å². The molecule has 2 atom stereocenters. The lowest BCUT2D eigenvalue weighted by molar-refractivity contribution is -0.140. The Morgan fingerprint density at radius 2 is 1.66 bits per heavy atom. The SMILES string of the molecule is O=C(c1cc(-c2cccnc2)n(-c2ccc(C(F)(F)F)c(F)c2)n1)N1C2CCC1CC1(C2)C(=O)NCN1c1ccc(F)cc1. The quantitative estimate of drug-likeness (QED) is 0.317. The van der Waals surface area contributed by atoms with Crippen LogP contribution in [0.4, 0.5) is 27.6 Å². The molecule has 2 aromatic heterocycles. The Morgan fingerprint density at radius 3 is 2.30 bits per heavy atom. The number of halogens is 5. The summed E-state index contributed by atoms with van der Waals surface area (Å²) in [6.07, 6.45) is 0.250. The smallest absolute Gasteiger partial charge is 0.339 e. The summed E-state index contributed by atoms with van der Waals surface area (Å²) in [6.45, 7) is 0.264. The van der Waals surface area contributed by atoms with Gasteiger partial charge in [0.25, 0.3) is 5.91 Å². The van der Waals surface area contributed by atoms with Crippen molar-refractivity contribution >= 4 is 17.5 Å².